The molecule has 0 spiro atoms. The number of aryl methyl sites for hydroxylation is 2. The second-order valence-corrected chi connectivity index (χ2v) is 14.7. The average molecular weight is 777 g/mol. The monoisotopic (exact) mass is 776 g/mol. The van der Waals surface area contributed by atoms with Crippen LogP contribution in [0.1, 0.15) is 31.8 Å². The van der Waals surface area contributed by atoms with E-state index in [4.69, 9.17) is 22.3 Å². The zero-order chi connectivity index (χ0) is 38.6. The van der Waals surface area contributed by atoms with Gasteiger partial charge in [-0.1, -0.05) is 179 Å². The van der Waals surface area contributed by atoms with Crippen LogP contribution in [0.4, 0.5) is 10.3 Å². The number of thiazole rings is 2. The van der Waals surface area contributed by atoms with Crippen molar-refractivity contribution in [1.29, 1.82) is 0 Å². The third-order valence-corrected chi connectivity index (χ3v) is 10.4. The molecular weight excluding hydrogens is 740 g/mol. The van der Waals surface area contributed by atoms with Gasteiger partial charge in [0.25, 0.3) is 11.1 Å². The molecule has 0 unspecified atom stereocenters. The molecule has 3 N–H and O–H groups in total. The van der Waals surface area contributed by atoms with Gasteiger partial charge in [0.1, 0.15) is 0 Å². The molecule has 2 heterocycles. The Morgan fingerprint density at radius 1 is 0.509 bits per heavy atom. The highest BCUT2D eigenvalue weighted by Gasteiger charge is 2.17. The van der Waals surface area contributed by atoms with E-state index in [1.54, 1.807) is 12.1 Å². The summed E-state index contributed by atoms with van der Waals surface area (Å²) in [5, 5.41) is 3.74. The molecule has 8 aromatic rings. The standard InChI is InChI=1S/C23H18N2OS.C15H12N2S.C8H7ClO/c1-16-12-14-19(15-13-16)22(26)25-23-24-20(17-8-4-2-5-9-17)21(27-23)18-10-6-3-7-11-18;16-15-17-13(11-7-3-1-4-8-11)14(18-15)12-9-5-2-6-10-12;1-6-2-4-7(5-3-6)8(9)10/h2-15H,1H3,(H,24,25,26);1-10H,(H2,16,17);2-5H,1H3. The molecule has 0 aliphatic rings. The number of carbonyl (C=O) groups excluding carboxylic acids is 2. The molecule has 272 valence electrons. The fraction of sp³-hybridized carbons (Fsp3) is 0.0435. The molecule has 8 rings (SSSR count). The van der Waals surface area contributed by atoms with Gasteiger partial charge in [-0.2, -0.15) is 0 Å². The van der Waals surface area contributed by atoms with E-state index in [0.717, 1.165) is 54.5 Å². The Morgan fingerprint density at radius 2 is 0.891 bits per heavy atom. The Balaban J connectivity index is 0.000000157. The predicted molar refractivity (Wildman–Crippen MR) is 231 cm³/mol. The molecule has 6 aromatic carbocycles. The Labute approximate surface area is 334 Å². The largest absolute Gasteiger partial charge is 0.375 e. The van der Waals surface area contributed by atoms with Gasteiger partial charge in [0.2, 0.25) is 0 Å². The summed E-state index contributed by atoms with van der Waals surface area (Å²) in [6.07, 6.45) is 0. The van der Waals surface area contributed by atoms with Gasteiger partial charge in [-0.05, 0) is 60.8 Å². The van der Waals surface area contributed by atoms with Crippen molar-refractivity contribution < 1.29 is 9.59 Å². The lowest BCUT2D eigenvalue weighted by Crippen LogP contribution is -2.11. The number of carbonyl (C=O) groups is 2. The minimum Gasteiger partial charge on any atom is -0.375 e. The zero-order valence-electron chi connectivity index (χ0n) is 30.1. The molecule has 55 heavy (non-hydrogen) atoms. The first kappa shape index (κ1) is 38.5. The number of rotatable bonds is 7. The molecule has 0 radical (unpaired) electrons. The van der Waals surface area contributed by atoms with E-state index in [2.05, 4.69) is 46.7 Å². The van der Waals surface area contributed by atoms with Crippen LogP contribution in [0.2, 0.25) is 0 Å². The lowest BCUT2D eigenvalue weighted by atomic mass is 10.1. The van der Waals surface area contributed by atoms with Gasteiger partial charge in [0.05, 0.1) is 21.1 Å². The van der Waals surface area contributed by atoms with Crippen LogP contribution in [0.25, 0.3) is 43.4 Å². The Hall–Kier alpha value is -6.19. The SMILES string of the molecule is Cc1ccc(C(=O)Cl)cc1.Cc1ccc(C(=O)Nc2nc(-c3ccccc3)c(-c3ccccc3)s2)cc1.Nc1nc(-c2ccccc2)c(-c2ccccc2)s1. The number of halogens is 1. The summed E-state index contributed by atoms with van der Waals surface area (Å²) < 4.78 is 0. The lowest BCUT2D eigenvalue weighted by molar-refractivity contribution is 0.102. The third kappa shape index (κ3) is 10.5. The number of benzene rings is 6. The summed E-state index contributed by atoms with van der Waals surface area (Å²) in [6, 6.07) is 55.2. The predicted octanol–water partition coefficient (Wildman–Crippen LogP) is 12.5. The van der Waals surface area contributed by atoms with E-state index < -0.39 is 5.24 Å². The maximum atomic E-state index is 12.6. The lowest BCUT2D eigenvalue weighted by Gasteiger charge is -2.02. The number of aromatic nitrogens is 2. The molecular formula is C46H37ClN4O2S2. The normalized spacial score (nSPS) is 10.3. The number of nitrogens with two attached hydrogens (primary N) is 1. The summed E-state index contributed by atoms with van der Waals surface area (Å²) in [6.45, 7) is 3.96. The van der Waals surface area contributed by atoms with Crippen molar-refractivity contribution in [1.82, 2.24) is 9.97 Å². The molecule has 0 saturated heterocycles. The van der Waals surface area contributed by atoms with Gasteiger partial charge in [0, 0.05) is 22.3 Å². The number of hydrogen-bond acceptors (Lipinski definition) is 7. The number of nitrogens with one attached hydrogen (secondary N) is 1. The van der Waals surface area contributed by atoms with Crippen LogP contribution >= 0.6 is 34.3 Å². The van der Waals surface area contributed by atoms with Crippen LogP contribution < -0.4 is 11.1 Å². The molecule has 1 amide bonds. The van der Waals surface area contributed by atoms with E-state index >= 15 is 0 Å². The Bertz CT molecular complexity index is 2340. The highest BCUT2D eigenvalue weighted by Crippen LogP contribution is 2.39. The van der Waals surface area contributed by atoms with Crippen LogP contribution in [-0.4, -0.2) is 21.1 Å². The van der Waals surface area contributed by atoms with Crippen molar-refractivity contribution in [3.8, 4) is 43.4 Å². The quantitative estimate of drug-likeness (QED) is 0.157. The third-order valence-electron chi connectivity index (χ3n) is 8.25. The fourth-order valence-corrected chi connectivity index (χ4v) is 7.40. The van der Waals surface area contributed by atoms with Gasteiger partial charge in [0.15, 0.2) is 10.3 Å². The van der Waals surface area contributed by atoms with Crippen LogP contribution in [-0.2, 0) is 0 Å². The van der Waals surface area contributed by atoms with Crippen molar-refractivity contribution >= 4 is 55.7 Å². The first-order chi connectivity index (χ1) is 26.7. The number of nitrogens with zero attached hydrogens (tertiary/aromatic N) is 2. The highest BCUT2D eigenvalue weighted by atomic mass is 35.5. The van der Waals surface area contributed by atoms with Crippen LogP contribution in [0.15, 0.2) is 170 Å². The topological polar surface area (TPSA) is 98.0 Å². The van der Waals surface area contributed by atoms with Crippen LogP contribution in [0.5, 0.6) is 0 Å². The van der Waals surface area contributed by atoms with E-state index in [-0.39, 0.29) is 5.91 Å². The Kier molecular flexibility index (Phi) is 13.1. The van der Waals surface area contributed by atoms with Crippen molar-refractivity contribution in [3.63, 3.8) is 0 Å². The smallest absolute Gasteiger partial charge is 0.257 e. The summed E-state index contributed by atoms with van der Waals surface area (Å²) >= 11 is 8.24. The maximum absolute atomic E-state index is 12.6. The number of amides is 1. The molecule has 0 bridgehead atoms. The van der Waals surface area contributed by atoms with E-state index in [9.17, 15) is 9.59 Å². The fourth-order valence-electron chi connectivity index (χ4n) is 5.42. The van der Waals surface area contributed by atoms with Crippen LogP contribution in [0.3, 0.4) is 0 Å². The second kappa shape index (κ2) is 18.7. The van der Waals surface area contributed by atoms with E-state index in [1.807, 2.05) is 135 Å². The summed E-state index contributed by atoms with van der Waals surface area (Å²) in [5.41, 5.74) is 15.5. The summed E-state index contributed by atoms with van der Waals surface area (Å²) in [7, 11) is 0. The van der Waals surface area contributed by atoms with Gasteiger partial charge >= 0.3 is 0 Å². The second-order valence-electron chi connectivity index (χ2n) is 12.4. The number of anilines is 2. The summed E-state index contributed by atoms with van der Waals surface area (Å²) in [4.78, 5) is 34.4. The molecule has 0 aliphatic heterocycles. The van der Waals surface area contributed by atoms with Gasteiger partial charge in [-0.25, -0.2) is 9.97 Å². The first-order valence-corrected chi connectivity index (χ1v) is 19.4. The minimum absolute atomic E-state index is 0.150. The Morgan fingerprint density at radius 3 is 1.33 bits per heavy atom. The molecule has 0 aliphatic carbocycles. The molecule has 0 atom stereocenters. The maximum Gasteiger partial charge on any atom is 0.257 e. The van der Waals surface area contributed by atoms with Crippen molar-refractivity contribution in [2.24, 2.45) is 0 Å². The van der Waals surface area contributed by atoms with Gasteiger partial charge in [-0.15, -0.1) is 0 Å². The number of nitrogen functional groups attached to an aromatic ring is 1. The summed E-state index contributed by atoms with van der Waals surface area (Å²) in [5.74, 6) is -0.150. The highest BCUT2D eigenvalue weighted by molar-refractivity contribution is 7.19. The molecule has 2 aromatic heterocycles. The van der Waals surface area contributed by atoms with Gasteiger partial charge in [-0.3, -0.25) is 14.9 Å². The van der Waals surface area contributed by atoms with E-state index in [0.29, 0.717) is 21.4 Å². The van der Waals surface area contributed by atoms with Crippen molar-refractivity contribution in [2.75, 3.05) is 11.1 Å². The zero-order valence-corrected chi connectivity index (χ0v) is 32.5. The molecule has 6 nitrogen and oxygen atoms in total. The van der Waals surface area contributed by atoms with Crippen LogP contribution in [0, 0.1) is 13.8 Å². The molecule has 0 saturated carbocycles. The van der Waals surface area contributed by atoms with Gasteiger partial charge < -0.3 is 5.73 Å². The molecule has 9 heteroatoms. The van der Waals surface area contributed by atoms with Crippen molar-refractivity contribution in [2.45, 2.75) is 13.8 Å². The van der Waals surface area contributed by atoms with Crippen molar-refractivity contribution in [3.05, 3.63) is 192 Å². The molecule has 0 fully saturated rings. The number of hydrogen-bond donors (Lipinski definition) is 2. The van der Waals surface area contributed by atoms with E-state index in [1.165, 1.54) is 22.7 Å². The minimum atomic E-state index is -0.403. The average Bonchev–Trinajstić information content (AvgIpc) is 3.84. The first-order valence-electron chi connectivity index (χ1n) is 17.4.